The average Bonchev–Trinajstić information content (AvgIpc) is 2.69. The van der Waals surface area contributed by atoms with Crippen molar-refractivity contribution in [2.75, 3.05) is 11.9 Å². The molecule has 1 saturated carbocycles. The molecule has 0 radical (unpaired) electrons. The molecule has 3 rings (SSSR count). The first kappa shape index (κ1) is 19.1. The maximum Gasteiger partial charge on any atom is 0.256 e. The fourth-order valence-corrected chi connectivity index (χ4v) is 5.02. The Hall–Kier alpha value is -0.630. The van der Waals surface area contributed by atoms with E-state index >= 15 is 0 Å². The van der Waals surface area contributed by atoms with Crippen LogP contribution in [0.1, 0.15) is 54.4 Å². The first-order chi connectivity index (χ1) is 11.7. The van der Waals surface area contributed by atoms with E-state index in [1.807, 2.05) is 0 Å². The predicted molar refractivity (Wildman–Crippen MR) is 105 cm³/mol. The number of fused-ring (bicyclic) bond motifs is 1. The second-order valence-electron chi connectivity index (χ2n) is 6.70. The number of carbonyl (C=O) groups is 2. The lowest BCUT2D eigenvalue weighted by atomic mass is 9.94. The molecule has 3 N–H and O–H groups in total. The summed E-state index contributed by atoms with van der Waals surface area (Å²) in [6.45, 7) is 0.199. The van der Waals surface area contributed by atoms with Crippen LogP contribution in [-0.4, -0.2) is 29.1 Å². The van der Waals surface area contributed by atoms with Crippen LogP contribution in [-0.2, 0) is 8.03 Å². The largest absolute Gasteiger partial charge is 0.388 e. The number of aliphatic hydroxyl groups is 1. The van der Waals surface area contributed by atoms with Gasteiger partial charge in [-0.05, 0) is 25.0 Å². The Bertz CT molecular complexity index is 716. The molecule has 1 aliphatic carbocycles. The Morgan fingerprint density at radius 1 is 1.24 bits per heavy atom. The summed E-state index contributed by atoms with van der Waals surface area (Å²) in [5.41, 5.74) is 0.460. The summed E-state index contributed by atoms with van der Waals surface area (Å²) in [7, 11) is 0. The molecular formula is C17H19Br2ClN2O3. The highest BCUT2D eigenvalue weighted by Gasteiger charge is 2.45. The maximum atomic E-state index is 12.6. The van der Waals surface area contributed by atoms with Crippen LogP contribution in [0.3, 0.4) is 0 Å². The fraction of sp³-hybridized carbons (Fsp3) is 0.529. The van der Waals surface area contributed by atoms with Crippen LogP contribution in [0, 0.1) is 0 Å². The normalized spacial score (nSPS) is 21.2. The van der Waals surface area contributed by atoms with Gasteiger partial charge in [-0.2, -0.15) is 0 Å². The zero-order chi connectivity index (χ0) is 18.2. The summed E-state index contributed by atoms with van der Waals surface area (Å²) < 4.78 is -1.15. The van der Waals surface area contributed by atoms with Gasteiger partial charge in [-0.3, -0.25) is 9.59 Å². The maximum absolute atomic E-state index is 12.6. The first-order valence-electron chi connectivity index (χ1n) is 8.27. The molecule has 5 nitrogen and oxygen atoms in total. The number of alkyl halides is 2. The number of rotatable bonds is 3. The van der Waals surface area contributed by atoms with E-state index in [0.717, 1.165) is 25.7 Å². The summed E-state index contributed by atoms with van der Waals surface area (Å²) in [6.07, 6.45) is 5.55. The number of benzene rings is 1. The topological polar surface area (TPSA) is 78.4 Å². The number of hydrogen-bond donors (Lipinski definition) is 3. The van der Waals surface area contributed by atoms with Gasteiger partial charge in [0.1, 0.15) is 0 Å². The van der Waals surface area contributed by atoms with E-state index in [1.54, 1.807) is 12.1 Å². The smallest absolute Gasteiger partial charge is 0.256 e. The molecule has 1 aromatic rings. The van der Waals surface area contributed by atoms with E-state index in [0.29, 0.717) is 24.1 Å². The minimum atomic E-state index is -1.15. The summed E-state index contributed by atoms with van der Waals surface area (Å²) >= 11 is 13.0. The highest BCUT2D eigenvalue weighted by molar-refractivity contribution is 9.25. The van der Waals surface area contributed by atoms with Gasteiger partial charge < -0.3 is 15.7 Å². The lowest BCUT2D eigenvalue weighted by Gasteiger charge is -2.27. The Kier molecular flexibility index (Phi) is 5.49. The summed E-state index contributed by atoms with van der Waals surface area (Å²) in [6, 6.07) is 3.23. The van der Waals surface area contributed by atoms with Gasteiger partial charge in [0, 0.05) is 17.8 Å². The number of halogens is 3. The lowest BCUT2D eigenvalue weighted by molar-refractivity contribution is -0.115. The van der Waals surface area contributed by atoms with Crippen LogP contribution in [0.4, 0.5) is 5.69 Å². The third-order valence-corrected chi connectivity index (χ3v) is 6.75. The number of amides is 2. The zero-order valence-corrected chi connectivity index (χ0v) is 17.4. The Morgan fingerprint density at radius 2 is 1.88 bits per heavy atom. The highest BCUT2D eigenvalue weighted by Crippen LogP contribution is 2.51. The Labute approximate surface area is 168 Å². The molecule has 1 fully saturated rings. The van der Waals surface area contributed by atoms with E-state index in [9.17, 15) is 14.7 Å². The van der Waals surface area contributed by atoms with Crippen molar-refractivity contribution in [2.24, 2.45) is 0 Å². The van der Waals surface area contributed by atoms with E-state index in [2.05, 4.69) is 42.5 Å². The molecule has 0 bridgehead atoms. The fourth-order valence-electron chi connectivity index (χ4n) is 3.38. The summed E-state index contributed by atoms with van der Waals surface area (Å²) in [4.78, 5) is 24.6. The second kappa shape index (κ2) is 7.18. The molecular weight excluding hydrogens is 475 g/mol. The number of hydrogen-bond acceptors (Lipinski definition) is 3. The minimum Gasteiger partial charge on any atom is -0.388 e. The number of anilines is 1. The SMILES string of the molecule is O=C(NCC1(O)CCCCCC1)c1ccc2c(c1Cl)C(Br)(Br)C(=O)N2. The number of carbonyl (C=O) groups excluding carboxylic acids is 2. The number of nitrogens with one attached hydrogen (secondary N) is 2. The van der Waals surface area contributed by atoms with Crippen molar-refractivity contribution in [1.29, 1.82) is 0 Å². The van der Waals surface area contributed by atoms with Gasteiger partial charge in [0.05, 0.1) is 16.2 Å². The monoisotopic (exact) mass is 492 g/mol. The molecule has 1 aliphatic heterocycles. The van der Waals surface area contributed by atoms with E-state index < -0.39 is 8.83 Å². The van der Waals surface area contributed by atoms with Crippen molar-refractivity contribution in [1.82, 2.24) is 5.32 Å². The molecule has 0 unspecified atom stereocenters. The van der Waals surface area contributed by atoms with Gasteiger partial charge in [-0.25, -0.2) is 0 Å². The zero-order valence-electron chi connectivity index (χ0n) is 13.5. The molecule has 136 valence electrons. The Balaban J connectivity index is 1.78. The third-order valence-electron chi connectivity index (χ3n) is 4.85. The molecule has 0 saturated heterocycles. The molecule has 1 aromatic carbocycles. The molecule has 25 heavy (non-hydrogen) atoms. The van der Waals surface area contributed by atoms with Crippen molar-refractivity contribution in [3.63, 3.8) is 0 Å². The van der Waals surface area contributed by atoms with Gasteiger partial charge >= 0.3 is 0 Å². The predicted octanol–water partition coefficient (Wildman–Crippen LogP) is 4.05. The quantitative estimate of drug-likeness (QED) is 0.438. The van der Waals surface area contributed by atoms with E-state index in [4.69, 9.17) is 11.6 Å². The minimum absolute atomic E-state index is 0.199. The van der Waals surface area contributed by atoms with Gasteiger partial charge in [0.25, 0.3) is 11.8 Å². The average molecular weight is 495 g/mol. The van der Waals surface area contributed by atoms with Crippen molar-refractivity contribution in [2.45, 2.75) is 47.4 Å². The van der Waals surface area contributed by atoms with Gasteiger partial charge in [0.15, 0.2) is 3.23 Å². The second-order valence-corrected chi connectivity index (χ2v) is 10.5. The van der Waals surface area contributed by atoms with Crippen molar-refractivity contribution >= 4 is 61.0 Å². The van der Waals surface area contributed by atoms with Gasteiger partial charge in [-0.1, -0.05) is 69.1 Å². The third kappa shape index (κ3) is 3.75. The molecule has 2 aliphatic rings. The lowest BCUT2D eigenvalue weighted by Crippen LogP contribution is -2.42. The van der Waals surface area contributed by atoms with E-state index in [-0.39, 0.29) is 28.9 Å². The van der Waals surface area contributed by atoms with Gasteiger partial charge in [-0.15, -0.1) is 0 Å². The van der Waals surface area contributed by atoms with E-state index in [1.165, 1.54) is 0 Å². The molecule has 0 spiro atoms. The van der Waals surface area contributed by atoms with Crippen LogP contribution in [0.15, 0.2) is 12.1 Å². The molecule has 2 amide bonds. The van der Waals surface area contributed by atoms with Crippen molar-refractivity contribution in [3.05, 3.63) is 28.3 Å². The summed E-state index contributed by atoms with van der Waals surface area (Å²) in [5, 5.41) is 16.4. The van der Waals surface area contributed by atoms with Crippen LogP contribution in [0.2, 0.25) is 5.02 Å². The van der Waals surface area contributed by atoms with Crippen LogP contribution >= 0.6 is 43.5 Å². The first-order valence-corrected chi connectivity index (χ1v) is 10.2. The van der Waals surface area contributed by atoms with Crippen LogP contribution in [0.5, 0.6) is 0 Å². The molecule has 0 atom stereocenters. The molecule has 8 heteroatoms. The highest BCUT2D eigenvalue weighted by atomic mass is 79.9. The summed E-state index contributed by atoms with van der Waals surface area (Å²) in [5.74, 6) is -0.657. The van der Waals surface area contributed by atoms with Crippen molar-refractivity contribution in [3.8, 4) is 0 Å². The molecule has 0 aromatic heterocycles. The van der Waals surface area contributed by atoms with Gasteiger partial charge in [0.2, 0.25) is 0 Å². The Morgan fingerprint density at radius 3 is 2.52 bits per heavy atom. The van der Waals surface area contributed by atoms with Crippen molar-refractivity contribution < 1.29 is 14.7 Å². The van der Waals surface area contributed by atoms with Crippen LogP contribution < -0.4 is 10.6 Å². The van der Waals surface area contributed by atoms with Crippen LogP contribution in [0.25, 0.3) is 0 Å². The molecule has 1 heterocycles. The standard InChI is InChI=1S/C17H19Br2ClN2O3/c18-17(19)12-11(22-15(17)24)6-5-10(13(12)20)14(23)21-9-16(25)7-3-1-2-4-8-16/h5-6,25H,1-4,7-9H2,(H,21,23)(H,22,24).